The third-order valence-electron chi connectivity index (χ3n) is 4.42. The molecule has 1 N–H and O–H groups in total. The number of carbonyl (C=O) groups excluding carboxylic acids is 1. The van der Waals surface area contributed by atoms with Crippen LogP contribution in [-0.2, 0) is 14.8 Å². The highest BCUT2D eigenvalue weighted by atomic mass is 32.2. The lowest BCUT2D eigenvalue weighted by Crippen LogP contribution is -2.40. The average molecular weight is 408 g/mol. The van der Waals surface area contributed by atoms with E-state index in [2.05, 4.69) is 5.32 Å². The molecule has 1 fully saturated rings. The second-order valence-corrected chi connectivity index (χ2v) is 8.06. The molecular weight excluding hydrogens is 391 g/mol. The van der Waals surface area contributed by atoms with Crippen molar-refractivity contribution in [2.45, 2.75) is 4.90 Å². The summed E-state index contributed by atoms with van der Waals surface area (Å²) in [6.07, 6.45) is 0. The Labute approximate surface area is 160 Å². The Morgan fingerprint density at radius 1 is 1.11 bits per heavy atom. The van der Waals surface area contributed by atoms with Crippen molar-refractivity contribution in [2.24, 2.45) is 0 Å². The van der Waals surface area contributed by atoms with E-state index < -0.39 is 26.6 Å². The molecule has 0 bridgehead atoms. The number of anilines is 1. The van der Waals surface area contributed by atoms with Gasteiger partial charge in [-0.2, -0.15) is 4.31 Å². The maximum atomic E-state index is 14.3. The molecule has 28 heavy (non-hydrogen) atoms. The van der Waals surface area contributed by atoms with Gasteiger partial charge in [-0.1, -0.05) is 6.07 Å². The first-order chi connectivity index (χ1) is 13.5. The number of rotatable bonds is 4. The predicted molar refractivity (Wildman–Crippen MR) is 96.5 cm³/mol. The monoisotopic (exact) mass is 408 g/mol. The molecule has 1 amide bonds. The van der Waals surface area contributed by atoms with Crippen LogP contribution in [0.1, 0.15) is 10.4 Å². The fourth-order valence-corrected chi connectivity index (χ4v) is 4.51. The van der Waals surface area contributed by atoms with Crippen LogP contribution in [0.3, 0.4) is 0 Å². The highest BCUT2D eigenvalue weighted by molar-refractivity contribution is 7.89. The van der Waals surface area contributed by atoms with Crippen molar-refractivity contribution in [3.63, 3.8) is 0 Å². The maximum absolute atomic E-state index is 14.3. The van der Waals surface area contributed by atoms with Gasteiger partial charge in [-0.3, -0.25) is 4.79 Å². The molecule has 2 heterocycles. The Hall–Kier alpha value is -2.69. The number of benzene rings is 2. The van der Waals surface area contributed by atoms with Gasteiger partial charge in [0.25, 0.3) is 5.91 Å². The summed E-state index contributed by atoms with van der Waals surface area (Å²) in [5.74, 6) is -0.656. The number of amides is 1. The zero-order valence-corrected chi connectivity index (χ0v) is 15.5. The molecule has 0 aliphatic carbocycles. The molecule has 0 spiro atoms. The molecule has 8 nitrogen and oxygen atoms in total. The quantitative estimate of drug-likeness (QED) is 0.830. The Morgan fingerprint density at radius 2 is 1.89 bits per heavy atom. The lowest BCUT2D eigenvalue weighted by atomic mass is 10.1. The van der Waals surface area contributed by atoms with Crippen LogP contribution in [0.5, 0.6) is 11.5 Å². The summed E-state index contributed by atoms with van der Waals surface area (Å²) < 4.78 is 56.6. The maximum Gasteiger partial charge on any atom is 0.259 e. The van der Waals surface area contributed by atoms with Crippen molar-refractivity contribution in [2.75, 3.05) is 38.4 Å². The van der Waals surface area contributed by atoms with Gasteiger partial charge < -0.3 is 19.5 Å². The van der Waals surface area contributed by atoms with Crippen molar-refractivity contribution in [1.82, 2.24) is 4.31 Å². The van der Waals surface area contributed by atoms with Crippen molar-refractivity contribution < 1.29 is 31.8 Å². The molecule has 4 rings (SSSR count). The van der Waals surface area contributed by atoms with Crippen molar-refractivity contribution >= 4 is 21.6 Å². The molecule has 0 radical (unpaired) electrons. The average Bonchev–Trinajstić information content (AvgIpc) is 3.19. The summed E-state index contributed by atoms with van der Waals surface area (Å²) in [5, 5.41) is 2.58. The highest BCUT2D eigenvalue weighted by Crippen LogP contribution is 2.35. The van der Waals surface area contributed by atoms with Crippen LogP contribution in [0, 0.1) is 5.82 Å². The minimum absolute atomic E-state index is 0.0120. The Kier molecular flexibility index (Phi) is 4.92. The zero-order chi connectivity index (χ0) is 19.7. The lowest BCUT2D eigenvalue weighted by molar-refractivity contribution is 0.0729. The van der Waals surface area contributed by atoms with E-state index in [9.17, 15) is 17.6 Å². The lowest BCUT2D eigenvalue weighted by Gasteiger charge is -2.26. The molecule has 2 aromatic carbocycles. The number of halogens is 1. The highest BCUT2D eigenvalue weighted by Gasteiger charge is 2.29. The summed E-state index contributed by atoms with van der Waals surface area (Å²) in [4.78, 5) is 12.1. The minimum atomic E-state index is -4.04. The van der Waals surface area contributed by atoms with Crippen molar-refractivity contribution in [3.8, 4) is 11.5 Å². The number of hydrogen-bond donors (Lipinski definition) is 1. The van der Waals surface area contributed by atoms with Gasteiger partial charge in [0.05, 0.1) is 18.8 Å². The van der Waals surface area contributed by atoms with Crippen LogP contribution in [0.4, 0.5) is 10.1 Å². The normalized spacial score (nSPS) is 16.8. The van der Waals surface area contributed by atoms with Crippen LogP contribution < -0.4 is 14.8 Å². The molecule has 2 aliphatic rings. The van der Waals surface area contributed by atoms with Crippen LogP contribution >= 0.6 is 0 Å². The van der Waals surface area contributed by atoms with Gasteiger partial charge in [0, 0.05) is 18.8 Å². The number of hydrogen-bond acceptors (Lipinski definition) is 6. The van der Waals surface area contributed by atoms with Crippen LogP contribution in [0.15, 0.2) is 41.3 Å². The molecule has 10 heteroatoms. The van der Waals surface area contributed by atoms with Gasteiger partial charge in [0.15, 0.2) is 11.5 Å². The second-order valence-electron chi connectivity index (χ2n) is 6.16. The third-order valence-corrected chi connectivity index (χ3v) is 6.33. The summed E-state index contributed by atoms with van der Waals surface area (Å²) in [5.41, 5.74) is 0.381. The summed E-state index contributed by atoms with van der Waals surface area (Å²) in [6.45, 7) is 0.798. The number of nitrogens with one attached hydrogen (secondary N) is 1. The SMILES string of the molecule is O=C(Nc1ccc(F)c(S(=O)(=O)N2CCOCC2)c1)c1cccc2c1OCO2. The van der Waals surface area contributed by atoms with Crippen LogP contribution in [-0.4, -0.2) is 51.7 Å². The van der Waals surface area contributed by atoms with Crippen LogP contribution in [0.2, 0.25) is 0 Å². The summed E-state index contributed by atoms with van der Waals surface area (Å²) >= 11 is 0. The third kappa shape index (κ3) is 3.41. The number of nitrogens with zero attached hydrogens (tertiary/aromatic N) is 1. The van der Waals surface area contributed by atoms with Gasteiger partial charge in [0.2, 0.25) is 16.8 Å². The van der Waals surface area contributed by atoms with Crippen LogP contribution in [0.25, 0.3) is 0 Å². The topological polar surface area (TPSA) is 94.2 Å². The fraction of sp³-hybridized carbons (Fsp3) is 0.278. The van der Waals surface area contributed by atoms with E-state index in [1.54, 1.807) is 18.2 Å². The van der Waals surface area contributed by atoms with Gasteiger partial charge in [-0.05, 0) is 30.3 Å². The Bertz CT molecular complexity index is 1020. The van der Waals surface area contributed by atoms with E-state index in [-0.39, 0.29) is 44.3 Å². The molecule has 1 saturated heterocycles. The molecule has 0 aromatic heterocycles. The van der Waals surface area contributed by atoms with E-state index in [4.69, 9.17) is 14.2 Å². The molecular formula is C18H17FN2O6S. The van der Waals surface area contributed by atoms with Gasteiger partial charge in [-0.15, -0.1) is 0 Å². The van der Waals surface area contributed by atoms with E-state index in [0.717, 1.165) is 16.4 Å². The molecule has 0 unspecified atom stereocenters. The van der Waals surface area contributed by atoms with E-state index >= 15 is 0 Å². The number of morpholine rings is 1. The van der Waals surface area contributed by atoms with Crippen molar-refractivity contribution in [3.05, 3.63) is 47.8 Å². The molecule has 148 valence electrons. The first-order valence-corrected chi connectivity index (χ1v) is 9.98. The van der Waals surface area contributed by atoms with E-state index in [0.29, 0.717) is 11.5 Å². The predicted octanol–water partition coefficient (Wildman–Crippen LogP) is 1.83. The molecule has 0 atom stereocenters. The van der Waals surface area contributed by atoms with Gasteiger partial charge in [0.1, 0.15) is 10.7 Å². The fourth-order valence-electron chi connectivity index (χ4n) is 3.01. The first kappa shape index (κ1) is 18.7. The Balaban J connectivity index is 1.61. The molecule has 2 aromatic rings. The Morgan fingerprint density at radius 3 is 2.68 bits per heavy atom. The van der Waals surface area contributed by atoms with Gasteiger partial charge in [-0.25, -0.2) is 12.8 Å². The molecule has 2 aliphatic heterocycles. The van der Waals surface area contributed by atoms with E-state index in [1.165, 1.54) is 6.07 Å². The largest absolute Gasteiger partial charge is 0.454 e. The number of carbonyl (C=O) groups is 1. The van der Waals surface area contributed by atoms with E-state index in [1.807, 2.05) is 0 Å². The van der Waals surface area contributed by atoms with Gasteiger partial charge >= 0.3 is 0 Å². The summed E-state index contributed by atoms with van der Waals surface area (Å²) in [6, 6.07) is 8.28. The number of para-hydroxylation sites is 1. The second kappa shape index (κ2) is 7.38. The first-order valence-electron chi connectivity index (χ1n) is 8.54. The number of fused-ring (bicyclic) bond motifs is 1. The number of ether oxygens (including phenoxy) is 3. The number of sulfonamides is 1. The molecule has 0 saturated carbocycles. The standard InChI is InChI=1S/C18H17FN2O6S/c19-14-5-4-12(10-16(14)28(23,24)21-6-8-25-9-7-21)20-18(22)13-2-1-3-15-17(13)27-11-26-15/h1-5,10H,6-9,11H2,(H,20,22). The zero-order valence-electron chi connectivity index (χ0n) is 14.7. The summed E-state index contributed by atoms with van der Waals surface area (Å²) in [7, 11) is -4.04. The smallest absolute Gasteiger partial charge is 0.259 e. The van der Waals surface area contributed by atoms with Crippen molar-refractivity contribution in [1.29, 1.82) is 0 Å². The minimum Gasteiger partial charge on any atom is -0.454 e.